The lowest BCUT2D eigenvalue weighted by molar-refractivity contribution is 0.0970. The highest BCUT2D eigenvalue weighted by Crippen LogP contribution is 2.42. The van der Waals surface area contributed by atoms with E-state index in [0.717, 1.165) is 5.56 Å². The van der Waals surface area contributed by atoms with Crippen LogP contribution in [0.2, 0.25) is 0 Å². The molecule has 5 rings (SSSR count). The first-order valence-corrected chi connectivity index (χ1v) is 10.7. The first kappa shape index (κ1) is 20.8. The second-order valence-corrected chi connectivity index (χ2v) is 7.78. The van der Waals surface area contributed by atoms with Crippen molar-refractivity contribution in [1.82, 2.24) is 4.98 Å². The molecule has 2 aromatic carbocycles. The molecular formula is C26H22N2O5. The number of aromatic nitrogens is 1. The average molecular weight is 442 g/mol. The number of para-hydroxylation sites is 1. The summed E-state index contributed by atoms with van der Waals surface area (Å²) in [6, 6.07) is 15.2. The van der Waals surface area contributed by atoms with Crippen LogP contribution in [-0.4, -0.2) is 24.6 Å². The number of hydrogen-bond acceptors (Lipinski definition) is 6. The number of anilines is 1. The van der Waals surface area contributed by atoms with Gasteiger partial charge in [0.1, 0.15) is 11.4 Å². The molecule has 1 amide bonds. The molecule has 0 N–H and O–H groups in total. The molecule has 7 heteroatoms. The Hall–Kier alpha value is -4.13. The Balaban J connectivity index is 1.77. The van der Waals surface area contributed by atoms with Crippen molar-refractivity contribution >= 4 is 22.7 Å². The maximum absolute atomic E-state index is 13.6. The molecule has 1 atom stereocenters. The lowest BCUT2D eigenvalue weighted by atomic mass is 9.98. The van der Waals surface area contributed by atoms with Crippen LogP contribution in [0.25, 0.3) is 11.0 Å². The van der Waals surface area contributed by atoms with Crippen molar-refractivity contribution in [3.63, 3.8) is 0 Å². The summed E-state index contributed by atoms with van der Waals surface area (Å²) in [5, 5.41) is 0.422. The van der Waals surface area contributed by atoms with Crippen molar-refractivity contribution in [2.45, 2.75) is 19.9 Å². The van der Waals surface area contributed by atoms with Gasteiger partial charge in [0.2, 0.25) is 5.76 Å². The zero-order chi connectivity index (χ0) is 23.1. The van der Waals surface area contributed by atoms with E-state index in [-0.39, 0.29) is 16.8 Å². The Morgan fingerprint density at radius 1 is 1.06 bits per heavy atom. The van der Waals surface area contributed by atoms with Crippen molar-refractivity contribution in [3.8, 4) is 11.5 Å². The number of pyridine rings is 1. The molecule has 1 unspecified atom stereocenters. The van der Waals surface area contributed by atoms with Crippen molar-refractivity contribution in [2.24, 2.45) is 0 Å². The second-order valence-electron chi connectivity index (χ2n) is 7.78. The minimum absolute atomic E-state index is 0.0268. The van der Waals surface area contributed by atoms with Crippen LogP contribution < -0.4 is 19.8 Å². The number of aryl methyl sites for hydroxylation is 1. The lowest BCUT2D eigenvalue weighted by Gasteiger charge is -2.25. The minimum atomic E-state index is -0.729. The first-order chi connectivity index (χ1) is 16.0. The van der Waals surface area contributed by atoms with E-state index in [0.29, 0.717) is 40.5 Å². The maximum Gasteiger partial charge on any atom is 0.296 e. The summed E-state index contributed by atoms with van der Waals surface area (Å²) in [4.78, 5) is 33.1. The summed E-state index contributed by atoms with van der Waals surface area (Å²) in [6.07, 6.45) is 1.69. The topological polar surface area (TPSA) is 81.9 Å². The predicted octanol–water partition coefficient (Wildman–Crippen LogP) is 4.65. The molecule has 0 saturated heterocycles. The number of carbonyl (C=O) groups is 1. The number of hydrogen-bond donors (Lipinski definition) is 0. The van der Waals surface area contributed by atoms with Gasteiger partial charge in [-0.3, -0.25) is 14.5 Å². The van der Waals surface area contributed by atoms with Gasteiger partial charge in [-0.25, -0.2) is 4.98 Å². The van der Waals surface area contributed by atoms with E-state index in [1.807, 2.05) is 26.0 Å². The molecule has 1 aliphatic heterocycles. The van der Waals surface area contributed by atoms with Crippen LogP contribution >= 0.6 is 0 Å². The Labute approximate surface area is 190 Å². The van der Waals surface area contributed by atoms with Gasteiger partial charge in [-0.05, 0) is 55.3 Å². The molecule has 4 aromatic rings. The number of amides is 1. The fourth-order valence-corrected chi connectivity index (χ4v) is 4.20. The maximum atomic E-state index is 13.6. The second kappa shape index (κ2) is 8.09. The molecule has 166 valence electrons. The fourth-order valence-electron chi connectivity index (χ4n) is 4.20. The molecule has 7 nitrogen and oxygen atoms in total. The third-order valence-electron chi connectivity index (χ3n) is 5.72. The van der Waals surface area contributed by atoms with Crippen molar-refractivity contribution in [3.05, 3.63) is 93.5 Å². The quantitative estimate of drug-likeness (QED) is 0.447. The van der Waals surface area contributed by atoms with E-state index in [9.17, 15) is 9.59 Å². The van der Waals surface area contributed by atoms with Gasteiger partial charge < -0.3 is 13.9 Å². The fraction of sp³-hybridized carbons (Fsp3) is 0.192. The van der Waals surface area contributed by atoms with Gasteiger partial charge in [-0.15, -0.1) is 0 Å². The van der Waals surface area contributed by atoms with Crippen molar-refractivity contribution in [1.29, 1.82) is 0 Å². The number of carbonyl (C=O) groups excluding carboxylic acids is 1. The van der Waals surface area contributed by atoms with Gasteiger partial charge in [0, 0.05) is 6.20 Å². The summed E-state index contributed by atoms with van der Waals surface area (Å²) < 4.78 is 17.1. The first-order valence-electron chi connectivity index (χ1n) is 10.7. The highest BCUT2D eigenvalue weighted by atomic mass is 16.5. The minimum Gasteiger partial charge on any atom is -0.493 e. The lowest BCUT2D eigenvalue weighted by Crippen LogP contribution is -2.30. The number of methoxy groups -OCH3 is 1. The number of ether oxygens (including phenoxy) is 2. The van der Waals surface area contributed by atoms with Crippen LogP contribution in [0.1, 0.15) is 40.2 Å². The van der Waals surface area contributed by atoms with E-state index in [4.69, 9.17) is 13.9 Å². The van der Waals surface area contributed by atoms with Crippen LogP contribution in [-0.2, 0) is 0 Å². The summed E-state index contributed by atoms with van der Waals surface area (Å²) >= 11 is 0. The Bertz CT molecular complexity index is 1430. The zero-order valence-corrected chi connectivity index (χ0v) is 18.5. The molecule has 0 bridgehead atoms. The van der Waals surface area contributed by atoms with Crippen molar-refractivity contribution < 1.29 is 18.7 Å². The van der Waals surface area contributed by atoms with Crippen LogP contribution in [0.4, 0.5) is 5.82 Å². The molecule has 0 spiro atoms. The van der Waals surface area contributed by atoms with Gasteiger partial charge in [0.05, 0.1) is 30.7 Å². The van der Waals surface area contributed by atoms with Gasteiger partial charge in [0.25, 0.3) is 5.91 Å². The molecule has 0 aliphatic carbocycles. The van der Waals surface area contributed by atoms with Crippen LogP contribution in [0.5, 0.6) is 11.5 Å². The Morgan fingerprint density at radius 2 is 1.88 bits per heavy atom. The molecular weight excluding hydrogens is 420 g/mol. The smallest absolute Gasteiger partial charge is 0.296 e. The molecule has 1 aliphatic rings. The molecule has 0 saturated carbocycles. The summed E-state index contributed by atoms with van der Waals surface area (Å²) in [5.74, 6) is 1.13. The van der Waals surface area contributed by atoms with Crippen LogP contribution in [0.3, 0.4) is 0 Å². The monoisotopic (exact) mass is 442 g/mol. The molecule has 2 aromatic heterocycles. The normalized spacial score (nSPS) is 15.1. The van der Waals surface area contributed by atoms with E-state index >= 15 is 0 Å². The standard InChI is InChI=1S/C26H22N2O5/c1-4-32-19-11-10-16(13-20(19)31-3)23-22-24(29)17-7-5-6-8-18(17)33-25(22)26(30)28(23)21-12-9-15(2)14-27-21/h5-14,23H,4H2,1-3H3. The van der Waals surface area contributed by atoms with E-state index in [2.05, 4.69) is 4.98 Å². The van der Waals surface area contributed by atoms with E-state index in [1.54, 1.807) is 55.8 Å². The van der Waals surface area contributed by atoms with Crippen molar-refractivity contribution in [2.75, 3.05) is 18.6 Å². The predicted molar refractivity (Wildman–Crippen MR) is 124 cm³/mol. The Kier molecular flexibility index (Phi) is 5.09. The zero-order valence-electron chi connectivity index (χ0n) is 18.5. The van der Waals surface area contributed by atoms with Gasteiger partial charge in [-0.1, -0.05) is 24.3 Å². The molecule has 0 radical (unpaired) electrons. The SMILES string of the molecule is CCOc1ccc(C2c3c(oc4ccccc4c3=O)C(=O)N2c2ccc(C)cn2)cc1OC. The van der Waals surface area contributed by atoms with E-state index in [1.165, 1.54) is 4.90 Å². The third-order valence-corrected chi connectivity index (χ3v) is 5.72. The summed E-state index contributed by atoms with van der Waals surface area (Å²) in [6.45, 7) is 4.29. The van der Waals surface area contributed by atoms with E-state index < -0.39 is 11.9 Å². The van der Waals surface area contributed by atoms with Gasteiger partial charge in [-0.2, -0.15) is 0 Å². The summed E-state index contributed by atoms with van der Waals surface area (Å²) in [7, 11) is 1.55. The highest BCUT2D eigenvalue weighted by Gasteiger charge is 2.44. The van der Waals surface area contributed by atoms with Crippen LogP contribution in [0.15, 0.2) is 70.0 Å². The average Bonchev–Trinajstić information content (AvgIpc) is 3.13. The number of nitrogens with zero attached hydrogens (tertiary/aromatic N) is 2. The molecule has 0 fully saturated rings. The van der Waals surface area contributed by atoms with Gasteiger partial charge in [0.15, 0.2) is 16.9 Å². The third kappa shape index (κ3) is 3.33. The van der Waals surface area contributed by atoms with Crippen LogP contribution in [0, 0.1) is 6.92 Å². The summed E-state index contributed by atoms with van der Waals surface area (Å²) in [5.41, 5.74) is 2.06. The molecule has 33 heavy (non-hydrogen) atoms. The molecule has 3 heterocycles. The Morgan fingerprint density at radius 3 is 2.61 bits per heavy atom. The van der Waals surface area contributed by atoms with Gasteiger partial charge >= 0.3 is 0 Å². The number of fused-ring (bicyclic) bond motifs is 2. The largest absolute Gasteiger partial charge is 0.493 e. The number of benzene rings is 2. The highest BCUT2D eigenvalue weighted by molar-refractivity contribution is 6.10. The number of rotatable bonds is 5.